The van der Waals surface area contributed by atoms with Gasteiger partial charge in [0.15, 0.2) is 11.5 Å². The Balaban J connectivity index is 1.72. The molecule has 0 bridgehead atoms. The van der Waals surface area contributed by atoms with Gasteiger partial charge in [0.1, 0.15) is 11.6 Å². The molecule has 0 atom stereocenters. The topological polar surface area (TPSA) is 118 Å². The number of nitrogens with zero attached hydrogens (tertiary/aromatic N) is 1. The highest BCUT2D eigenvalue weighted by atomic mass is 32.2. The minimum atomic E-state index is -3.93. The molecule has 3 aromatic rings. The van der Waals surface area contributed by atoms with Crippen molar-refractivity contribution in [1.82, 2.24) is 4.98 Å². The second-order valence-electron chi connectivity index (χ2n) is 6.54. The van der Waals surface area contributed by atoms with Crippen LogP contribution in [0.15, 0.2) is 46.7 Å². The van der Waals surface area contributed by atoms with E-state index < -0.39 is 16.0 Å². The van der Waals surface area contributed by atoms with Crippen LogP contribution in [-0.2, 0) is 21.4 Å². The highest BCUT2D eigenvalue weighted by Crippen LogP contribution is 2.34. The van der Waals surface area contributed by atoms with Crippen molar-refractivity contribution in [1.29, 1.82) is 0 Å². The maximum absolute atomic E-state index is 12.4. The van der Waals surface area contributed by atoms with Gasteiger partial charge < -0.3 is 14.2 Å². The summed E-state index contributed by atoms with van der Waals surface area (Å²) >= 11 is 1.40. The van der Waals surface area contributed by atoms with Gasteiger partial charge in [-0.25, -0.2) is 23.3 Å². The first-order chi connectivity index (χ1) is 14.7. The number of carbonyl (C=O) groups excluding carboxylic acids is 1. The quantitative estimate of drug-likeness (QED) is 0.509. The molecule has 8 nitrogen and oxygen atoms in total. The highest BCUT2D eigenvalue weighted by molar-refractivity contribution is 7.89. The van der Waals surface area contributed by atoms with Gasteiger partial charge in [0.25, 0.3) is 0 Å². The first-order valence-corrected chi connectivity index (χ1v) is 11.7. The molecule has 0 radical (unpaired) electrons. The summed E-state index contributed by atoms with van der Waals surface area (Å²) in [6.45, 7) is 3.97. The molecule has 0 saturated carbocycles. The summed E-state index contributed by atoms with van der Waals surface area (Å²) in [6, 6.07) is 9.75. The molecule has 1 heterocycles. The third-order valence-electron chi connectivity index (χ3n) is 4.34. The van der Waals surface area contributed by atoms with E-state index in [2.05, 4.69) is 4.98 Å². The van der Waals surface area contributed by atoms with Gasteiger partial charge in [-0.05, 0) is 49.7 Å². The van der Waals surface area contributed by atoms with Crippen LogP contribution in [-0.4, -0.2) is 33.1 Å². The van der Waals surface area contributed by atoms with Gasteiger partial charge in [-0.3, -0.25) is 0 Å². The van der Waals surface area contributed by atoms with Crippen LogP contribution in [0.25, 0.3) is 10.6 Å². The summed E-state index contributed by atoms with van der Waals surface area (Å²) in [6.07, 6.45) is 0. The number of carbonyl (C=O) groups is 1. The maximum Gasteiger partial charge on any atom is 0.338 e. The van der Waals surface area contributed by atoms with Gasteiger partial charge in [0.05, 0.1) is 29.9 Å². The zero-order chi connectivity index (χ0) is 22.6. The van der Waals surface area contributed by atoms with E-state index in [4.69, 9.17) is 19.3 Å². The highest BCUT2D eigenvalue weighted by Gasteiger charge is 2.17. The van der Waals surface area contributed by atoms with Gasteiger partial charge in [-0.1, -0.05) is 6.07 Å². The van der Waals surface area contributed by atoms with Crippen molar-refractivity contribution in [3.8, 4) is 22.1 Å². The van der Waals surface area contributed by atoms with E-state index in [1.54, 1.807) is 19.4 Å². The third kappa shape index (κ3) is 5.40. The van der Waals surface area contributed by atoms with Gasteiger partial charge in [0, 0.05) is 10.9 Å². The molecule has 2 aromatic carbocycles. The first kappa shape index (κ1) is 22.7. The van der Waals surface area contributed by atoms with Crippen LogP contribution in [0.4, 0.5) is 0 Å². The van der Waals surface area contributed by atoms with Gasteiger partial charge in [-0.2, -0.15) is 0 Å². The lowest BCUT2D eigenvalue weighted by atomic mass is 10.1. The Morgan fingerprint density at radius 1 is 1.16 bits per heavy atom. The molecule has 164 valence electrons. The molecule has 0 saturated heterocycles. The van der Waals surface area contributed by atoms with E-state index in [1.807, 2.05) is 25.1 Å². The smallest absolute Gasteiger partial charge is 0.338 e. The van der Waals surface area contributed by atoms with Crippen molar-refractivity contribution in [2.45, 2.75) is 25.3 Å². The number of benzene rings is 2. The predicted molar refractivity (Wildman–Crippen MR) is 117 cm³/mol. The summed E-state index contributed by atoms with van der Waals surface area (Å²) in [5, 5.41) is 7.71. The molecule has 0 aliphatic heterocycles. The van der Waals surface area contributed by atoms with Gasteiger partial charge >= 0.3 is 5.97 Å². The number of esters is 1. The molecule has 1 aromatic heterocycles. The fraction of sp³-hybridized carbons (Fsp3) is 0.238. The average molecular weight is 463 g/mol. The number of thiazole rings is 1. The molecule has 0 unspecified atom stereocenters. The molecule has 0 spiro atoms. The van der Waals surface area contributed by atoms with Crippen LogP contribution in [0.1, 0.15) is 28.5 Å². The van der Waals surface area contributed by atoms with E-state index in [1.165, 1.54) is 29.5 Å². The molecular formula is C21H22N2O6S2. The zero-order valence-corrected chi connectivity index (χ0v) is 18.9. The number of methoxy groups -OCH3 is 1. The summed E-state index contributed by atoms with van der Waals surface area (Å²) in [5.41, 5.74) is 1.97. The summed E-state index contributed by atoms with van der Waals surface area (Å²) in [7, 11) is -2.36. The molecule has 31 heavy (non-hydrogen) atoms. The van der Waals surface area contributed by atoms with Crippen molar-refractivity contribution in [2.24, 2.45) is 5.14 Å². The molecule has 0 amide bonds. The third-order valence-corrected chi connectivity index (χ3v) is 6.34. The first-order valence-electron chi connectivity index (χ1n) is 9.29. The van der Waals surface area contributed by atoms with Crippen molar-refractivity contribution in [3.63, 3.8) is 0 Å². The molecule has 2 N–H and O–H groups in total. The van der Waals surface area contributed by atoms with Crippen molar-refractivity contribution < 1.29 is 27.4 Å². The van der Waals surface area contributed by atoms with Crippen LogP contribution in [0.3, 0.4) is 0 Å². The molecular weight excluding hydrogens is 440 g/mol. The second kappa shape index (κ2) is 9.46. The number of hydrogen-bond acceptors (Lipinski definition) is 8. The van der Waals surface area contributed by atoms with Crippen LogP contribution in [0.5, 0.6) is 11.5 Å². The number of ether oxygens (including phenoxy) is 3. The fourth-order valence-corrected chi connectivity index (χ4v) is 4.45. The number of rotatable bonds is 8. The lowest BCUT2D eigenvalue weighted by Crippen LogP contribution is -2.15. The number of hydrogen-bond donors (Lipinski definition) is 1. The Kier molecular flexibility index (Phi) is 6.94. The van der Waals surface area contributed by atoms with E-state index in [-0.39, 0.29) is 17.1 Å². The zero-order valence-electron chi connectivity index (χ0n) is 17.2. The van der Waals surface area contributed by atoms with Crippen LogP contribution < -0.4 is 14.6 Å². The van der Waals surface area contributed by atoms with Crippen molar-refractivity contribution in [3.05, 3.63) is 58.6 Å². The van der Waals surface area contributed by atoms with Gasteiger partial charge in [-0.15, -0.1) is 11.3 Å². The number of aromatic nitrogens is 1. The predicted octanol–water partition coefficient (Wildman–Crippen LogP) is 3.53. The lowest BCUT2D eigenvalue weighted by Gasteiger charge is -2.10. The molecule has 0 aliphatic rings. The average Bonchev–Trinajstić information content (AvgIpc) is 3.21. The largest absolute Gasteiger partial charge is 0.493 e. The Bertz CT molecular complexity index is 1200. The standard InChI is InChI=1S/C21H22N2O6S2/c1-4-28-17-8-7-14(9-18(17)27-3)20-23-16(12-30-20)11-29-21(24)15-6-5-13(2)19(10-15)31(22,25)26/h5-10,12H,4,11H2,1-3H3,(H2,22,25,26). The summed E-state index contributed by atoms with van der Waals surface area (Å²) in [5.74, 6) is 0.589. The van der Waals surface area contributed by atoms with E-state index in [9.17, 15) is 13.2 Å². The second-order valence-corrected chi connectivity index (χ2v) is 8.93. The summed E-state index contributed by atoms with van der Waals surface area (Å²) < 4.78 is 39.5. The van der Waals surface area contributed by atoms with Crippen LogP contribution >= 0.6 is 11.3 Å². The number of sulfonamides is 1. The Labute approximate surface area is 184 Å². The number of nitrogens with two attached hydrogens (primary N) is 1. The van der Waals surface area contributed by atoms with Crippen molar-refractivity contribution in [2.75, 3.05) is 13.7 Å². The molecule has 10 heteroatoms. The van der Waals surface area contributed by atoms with Crippen LogP contribution in [0.2, 0.25) is 0 Å². The lowest BCUT2D eigenvalue weighted by molar-refractivity contribution is 0.0468. The minimum Gasteiger partial charge on any atom is -0.493 e. The molecule has 0 fully saturated rings. The summed E-state index contributed by atoms with van der Waals surface area (Å²) in [4.78, 5) is 16.7. The SMILES string of the molecule is CCOc1ccc(-c2nc(COC(=O)c3ccc(C)c(S(N)(=O)=O)c3)cs2)cc1OC. The Morgan fingerprint density at radius 2 is 1.94 bits per heavy atom. The molecule has 3 rings (SSSR count). The fourth-order valence-electron chi connectivity index (χ4n) is 2.84. The number of primary sulfonamides is 1. The Morgan fingerprint density at radius 3 is 2.61 bits per heavy atom. The molecule has 0 aliphatic carbocycles. The van der Waals surface area contributed by atoms with Crippen molar-refractivity contribution >= 4 is 27.3 Å². The maximum atomic E-state index is 12.4. The normalized spacial score (nSPS) is 11.2. The van der Waals surface area contributed by atoms with E-state index in [0.717, 1.165) is 10.6 Å². The van der Waals surface area contributed by atoms with Crippen LogP contribution in [0, 0.1) is 6.92 Å². The minimum absolute atomic E-state index is 0.0535. The monoisotopic (exact) mass is 462 g/mol. The Hall–Kier alpha value is -2.95. The number of aryl methyl sites for hydroxylation is 1. The van der Waals surface area contributed by atoms with E-state index in [0.29, 0.717) is 29.4 Å². The van der Waals surface area contributed by atoms with E-state index >= 15 is 0 Å². The van der Waals surface area contributed by atoms with Gasteiger partial charge in [0.2, 0.25) is 10.0 Å².